The molecule has 0 unspecified atom stereocenters. The fraction of sp³-hybridized carbons (Fsp3) is 0.269. The fourth-order valence-electron chi connectivity index (χ4n) is 3.36. The van der Waals surface area contributed by atoms with Gasteiger partial charge in [-0.15, -0.1) is 0 Å². The van der Waals surface area contributed by atoms with Crippen LogP contribution in [-0.4, -0.2) is 12.5 Å². The highest BCUT2D eigenvalue weighted by molar-refractivity contribution is 6.31. The Morgan fingerprint density at radius 3 is 2.42 bits per heavy atom. The van der Waals surface area contributed by atoms with Crippen LogP contribution in [0.1, 0.15) is 45.1 Å². The highest BCUT2D eigenvalue weighted by atomic mass is 35.5. The summed E-state index contributed by atoms with van der Waals surface area (Å²) in [7, 11) is 0. The molecule has 5 heteroatoms. The van der Waals surface area contributed by atoms with Gasteiger partial charge in [0.1, 0.15) is 18.1 Å². The number of ether oxygens (including phenoxy) is 2. The summed E-state index contributed by atoms with van der Waals surface area (Å²) in [5, 5.41) is 3.51. The number of nitrogens with one attached hydrogen (secondary N) is 1. The second-order valence-electron chi connectivity index (χ2n) is 7.66. The van der Waals surface area contributed by atoms with Gasteiger partial charge in [0.15, 0.2) is 0 Å². The predicted octanol–water partition coefficient (Wildman–Crippen LogP) is 6.80. The summed E-state index contributed by atoms with van der Waals surface area (Å²) in [6.45, 7) is 10.9. The van der Waals surface area contributed by atoms with Gasteiger partial charge in [0.2, 0.25) is 0 Å². The Balaban J connectivity index is 1.85. The quantitative estimate of drug-likeness (QED) is 0.442. The minimum atomic E-state index is -0.211. The zero-order chi connectivity index (χ0) is 22.5. The number of anilines is 1. The molecule has 0 saturated carbocycles. The van der Waals surface area contributed by atoms with Crippen LogP contribution < -0.4 is 14.8 Å². The number of benzene rings is 3. The van der Waals surface area contributed by atoms with Crippen LogP contribution in [0.3, 0.4) is 0 Å². The van der Waals surface area contributed by atoms with Gasteiger partial charge < -0.3 is 14.8 Å². The molecule has 0 saturated heterocycles. The third-order valence-electron chi connectivity index (χ3n) is 5.22. The molecule has 0 aliphatic carbocycles. The Hall–Kier alpha value is -2.98. The van der Waals surface area contributed by atoms with Crippen molar-refractivity contribution in [3.63, 3.8) is 0 Å². The lowest BCUT2D eigenvalue weighted by Gasteiger charge is -2.16. The molecule has 1 amide bonds. The maximum atomic E-state index is 12.9. The van der Waals surface area contributed by atoms with E-state index in [2.05, 4.69) is 18.3 Å². The molecule has 3 aromatic rings. The molecule has 3 aromatic carbocycles. The van der Waals surface area contributed by atoms with Crippen LogP contribution >= 0.6 is 11.6 Å². The van der Waals surface area contributed by atoms with E-state index in [1.807, 2.05) is 52.0 Å². The highest BCUT2D eigenvalue weighted by Gasteiger charge is 2.14. The lowest BCUT2D eigenvalue weighted by molar-refractivity contribution is 0.102. The van der Waals surface area contributed by atoms with Crippen LogP contribution in [0, 0.1) is 27.7 Å². The van der Waals surface area contributed by atoms with Crippen molar-refractivity contribution in [1.29, 1.82) is 0 Å². The van der Waals surface area contributed by atoms with Crippen LogP contribution in [-0.2, 0) is 6.61 Å². The standard InChI is InChI=1S/C26H28ClNO3/c1-6-30-24-10-8-20(26(29)28-23-14-22(27)9-7-17(23)3)13-21(24)15-31-25-12-16(2)11-18(4)19(25)5/h7-14H,6,15H2,1-5H3,(H,28,29). The second kappa shape index (κ2) is 9.88. The predicted molar refractivity (Wildman–Crippen MR) is 127 cm³/mol. The van der Waals surface area contributed by atoms with E-state index >= 15 is 0 Å². The van der Waals surface area contributed by atoms with Crippen molar-refractivity contribution in [3.05, 3.63) is 86.9 Å². The molecule has 0 aliphatic rings. The molecule has 1 N–H and O–H groups in total. The van der Waals surface area contributed by atoms with E-state index in [0.717, 1.165) is 28.0 Å². The molecule has 31 heavy (non-hydrogen) atoms. The lowest BCUT2D eigenvalue weighted by atomic mass is 10.1. The van der Waals surface area contributed by atoms with Crippen LogP contribution in [0.2, 0.25) is 5.02 Å². The second-order valence-corrected chi connectivity index (χ2v) is 8.10. The monoisotopic (exact) mass is 437 g/mol. The average molecular weight is 438 g/mol. The molecule has 3 rings (SSSR count). The molecular formula is C26H28ClNO3. The minimum absolute atomic E-state index is 0.211. The largest absolute Gasteiger partial charge is 0.493 e. The zero-order valence-electron chi connectivity index (χ0n) is 18.6. The third kappa shape index (κ3) is 5.59. The summed E-state index contributed by atoms with van der Waals surface area (Å²) in [5.74, 6) is 1.33. The van der Waals surface area contributed by atoms with E-state index in [1.54, 1.807) is 18.2 Å². The molecule has 0 aliphatic heterocycles. The molecule has 0 fully saturated rings. The van der Waals surface area contributed by atoms with Crippen molar-refractivity contribution in [3.8, 4) is 11.5 Å². The molecule has 0 bridgehead atoms. The maximum absolute atomic E-state index is 12.9. The Morgan fingerprint density at radius 1 is 0.903 bits per heavy atom. The van der Waals surface area contributed by atoms with E-state index in [1.165, 1.54) is 5.56 Å². The third-order valence-corrected chi connectivity index (χ3v) is 5.45. The van der Waals surface area contributed by atoms with Gasteiger partial charge in [0, 0.05) is 21.8 Å². The fourth-order valence-corrected chi connectivity index (χ4v) is 3.53. The average Bonchev–Trinajstić information content (AvgIpc) is 2.73. The smallest absolute Gasteiger partial charge is 0.255 e. The first-order valence-corrected chi connectivity index (χ1v) is 10.7. The number of amides is 1. The molecule has 0 aromatic heterocycles. The first kappa shape index (κ1) is 22.7. The van der Waals surface area contributed by atoms with Crippen molar-refractivity contribution in [1.82, 2.24) is 0 Å². The van der Waals surface area contributed by atoms with Gasteiger partial charge in [-0.05, 0) is 93.3 Å². The van der Waals surface area contributed by atoms with Gasteiger partial charge >= 0.3 is 0 Å². The number of carbonyl (C=O) groups excluding carboxylic acids is 1. The zero-order valence-corrected chi connectivity index (χ0v) is 19.4. The summed E-state index contributed by atoms with van der Waals surface area (Å²) in [6.07, 6.45) is 0. The van der Waals surface area contributed by atoms with Crippen molar-refractivity contribution in [2.75, 3.05) is 11.9 Å². The Kier molecular flexibility index (Phi) is 7.24. The maximum Gasteiger partial charge on any atom is 0.255 e. The lowest BCUT2D eigenvalue weighted by Crippen LogP contribution is -2.14. The van der Waals surface area contributed by atoms with Gasteiger partial charge in [-0.3, -0.25) is 4.79 Å². The number of rotatable bonds is 7. The topological polar surface area (TPSA) is 47.6 Å². The van der Waals surface area contributed by atoms with Crippen LogP contribution in [0.4, 0.5) is 5.69 Å². The van der Waals surface area contributed by atoms with Gasteiger partial charge in [-0.25, -0.2) is 0 Å². The molecule has 0 heterocycles. The van der Waals surface area contributed by atoms with Gasteiger partial charge in [-0.2, -0.15) is 0 Å². The van der Waals surface area contributed by atoms with Gasteiger partial charge in [-0.1, -0.05) is 23.7 Å². The van der Waals surface area contributed by atoms with Crippen molar-refractivity contribution in [2.24, 2.45) is 0 Å². The van der Waals surface area contributed by atoms with Crippen LogP contribution in [0.5, 0.6) is 11.5 Å². The molecular weight excluding hydrogens is 410 g/mol. The van der Waals surface area contributed by atoms with E-state index in [0.29, 0.717) is 35.2 Å². The number of hydrogen-bond acceptors (Lipinski definition) is 3. The summed E-state index contributed by atoms with van der Waals surface area (Å²) >= 11 is 6.08. The Morgan fingerprint density at radius 2 is 1.68 bits per heavy atom. The number of halogens is 1. The minimum Gasteiger partial charge on any atom is -0.493 e. The first-order chi connectivity index (χ1) is 14.8. The summed E-state index contributed by atoms with van der Waals surface area (Å²) in [6, 6.07) is 15.0. The molecule has 0 atom stereocenters. The van der Waals surface area contributed by atoms with Gasteiger partial charge in [0.05, 0.1) is 6.61 Å². The van der Waals surface area contributed by atoms with E-state index in [9.17, 15) is 4.79 Å². The Bertz CT molecular complexity index is 1110. The molecule has 0 spiro atoms. The van der Waals surface area contributed by atoms with Crippen molar-refractivity contribution >= 4 is 23.2 Å². The number of hydrogen-bond donors (Lipinski definition) is 1. The van der Waals surface area contributed by atoms with Crippen molar-refractivity contribution < 1.29 is 14.3 Å². The van der Waals surface area contributed by atoms with E-state index in [-0.39, 0.29) is 5.91 Å². The molecule has 0 radical (unpaired) electrons. The highest BCUT2D eigenvalue weighted by Crippen LogP contribution is 2.28. The van der Waals surface area contributed by atoms with Crippen LogP contribution in [0.15, 0.2) is 48.5 Å². The van der Waals surface area contributed by atoms with Crippen LogP contribution in [0.25, 0.3) is 0 Å². The number of carbonyl (C=O) groups is 1. The van der Waals surface area contributed by atoms with Crippen molar-refractivity contribution in [2.45, 2.75) is 41.2 Å². The molecule has 162 valence electrons. The SMILES string of the molecule is CCOc1ccc(C(=O)Nc2cc(Cl)ccc2C)cc1COc1cc(C)cc(C)c1C. The summed E-state index contributed by atoms with van der Waals surface area (Å²) < 4.78 is 11.9. The van der Waals surface area contributed by atoms with E-state index in [4.69, 9.17) is 21.1 Å². The first-order valence-electron chi connectivity index (χ1n) is 10.3. The van der Waals surface area contributed by atoms with E-state index < -0.39 is 0 Å². The molecule has 4 nitrogen and oxygen atoms in total. The number of aryl methyl sites for hydroxylation is 3. The normalized spacial score (nSPS) is 10.6. The summed E-state index contributed by atoms with van der Waals surface area (Å²) in [4.78, 5) is 12.9. The summed E-state index contributed by atoms with van der Waals surface area (Å²) in [5.41, 5.74) is 6.41. The van der Waals surface area contributed by atoms with Gasteiger partial charge in [0.25, 0.3) is 5.91 Å². The Labute approximate surface area is 189 Å².